The lowest BCUT2D eigenvalue weighted by Crippen LogP contribution is -2.44. The summed E-state index contributed by atoms with van der Waals surface area (Å²) in [5.74, 6) is 0.267. The molecule has 176 valence electrons. The van der Waals surface area contributed by atoms with Crippen molar-refractivity contribution in [1.29, 1.82) is 0 Å². The molecule has 0 unspecified atom stereocenters. The molecule has 2 N–H and O–H groups in total. The fourth-order valence-electron chi connectivity index (χ4n) is 3.61. The van der Waals surface area contributed by atoms with Crippen LogP contribution in [0.5, 0.6) is 0 Å². The first-order chi connectivity index (χ1) is 15.8. The van der Waals surface area contributed by atoms with E-state index in [1.165, 1.54) is 12.1 Å². The van der Waals surface area contributed by atoms with Gasteiger partial charge in [-0.15, -0.1) is 10.2 Å². The first-order valence-corrected chi connectivity index (χ1v) is 11.8. The number of hydrogen-bond donors (Lipinski definition) is 2. The van der Waals surface area contributed by atoms with E-state index in [4.69, 9.17) is 0 Å². The van der Waals surface area contributed by atoms with Crippen molar-refractivity contribution in [2.75, 3.05) is 29.1 Å². The summed E-state index contributed by atoms with van der Waals surface area (Å²) in [6.07, 6.45) is -0.592. The molecule has 33 heavy (non-hydrogen) atoms. The predicted octanol–water partition coefficient (Wildman–Crippen LogP) is 3.72. The van der Waals surface area contributed by atoms with Gasteiger partial charge in [-0.1, -0.05) is 17.8 Å². The van der Waals surface area contributed by atoms with Crippen molar-refractivity contribution in [3.8, 4) is 0 Å². The number of nitrogens with zero attached hydrogens (tertiary/aromatic N) is 3. The Balaban J connectivity index is 1.27. The van der Waals surface area contributed by atoms with Crippen LogP contribution in [0.3, 0.4) is 0 Å². The fraction of sp³-hybridized carbons (Fsp3) is 0.455. The fourth-order valence-corrected chi connectivity index (χ4v) is 4.23. The molecule has 0 radical (unpaired) electrons. The molecule has 2 aliphatic rings. The van der Waals surface area contributed by atoms with E-state index in [1.54, 1.807) is 12.1 Å². The van der Waals surface area contributed by atoms with E-state index in [0.717, 1.165) is 56.1 Å². The summed E-state index contributed by atoms with van der Waals surface area (Å²) in [5, 5.41) is 14.4. The standard InChI is InChI=1S/C22H24F3N5O2S/c23-22(24,25)15-4-1-5-17(11-15)26-19(31)13-33-20-9-8-18(28-29-20)30-10-2-3-14(12-30)21(32)27-16-6-7-16/h1,4-5,8-9,11,14,16H,2-3,6-7,10,12-13H2,(H,26,31)(H,27,32)/t14-/m1/s1. The maximum atomic E-state index is 12.8. The summed E-state index contributed by atoms with van der Waals surface area (Å²) in [6, 6.07) is 8.40. The summed E-state index contributed by atoms with van der Waals surface area (Å²) in [4.78, 5) is 26.5. The lowest BCUT2D eigenvalue weighted by atomic mass is 9.97. The van der Waals surface area contributed by atoms with Crippen molar-refractivity contribution in [2.45, 2.75) is 42.9 Å². The predicted molar refractivity (Wildman–Crippen MR) is 119 cm³/mol. The second-order valence-corrected chi connectivity index (χ2v) is 9.21. The summed E-state index contributed by atoms with van der Waals surface area (Å²) in [5.41, 5.74) is -0.735. The normalized spacial score (nSPS) is 18.6. The number of rotatable bonds is 7. The molecule has 7 nitrogen and oxygen atoms in total. The van der Waals surface area contributed by atoms with Crippen molar-refractivity contribution in [1.82, 2.24) is 15.5 Å². The minimum absolute atomic E-state index is 0.0165. The number of anilines is 2. The lowest BCUT2D eigenvalue weighted by molar-refractivity contribution is -0.137. The molecule has 1 aliphatic heterocycles. The largest absolute Gasteiger partial charge is 0.416 e. The molecule has 1 saturated carbocycles. The minimum Gasteiger partial charge on any atom is -0.354 e. The summed E-state index contributed by atoms with van der Waals surface area (Å²) < 4.78 is 38.4. The van der Waals surface area contributed by atoms with Gasteiger partial charge in [-0.25, -0.2) is 0 Å². The zero-order chi connectivity index (χ0) is 23.4. The Bertz CT molecular complexity index is 998. The molecule has 1 saturated heterocycles. The highest BCUT2D eigenvalue weighted by atomic mass is 32.2. The summed E-state index contributed by atoms with van der Waals surface area (Å²) >= 11 is 1.14. The van der Waals surface area contributed by atoms with Crippen LogP contribution in [0.1, 0.15) is 31.2 Å². The second-order valence-electron chi connectivity index (χ2n) is 8.21. The topological polar surface area (TPSA) is 87.2 Å². The van der Waals surface area contributed by atoms with Gasteiger partial charge in [-0.05, 0) is 56.0 Å². The molecule has 2 heterocycles. The van der Waals surface area contributed by atoms with Gasteiger partial charge in [0.05, 0.1) is 17.2 Å². The number of carbonyl (C=O) groups excluding carboxylic acids is 2. The van der Waals surface area contributed by atoms with Crippen LogP contribution in [0.15, 0.2) is 41.4 Å². The number of nitrogens with one attached hydrogen (secondary N) is 2. The molecule has 1 aromatic heterocycles. The van der Waals surface area contributed by atoms with Gasteiger partial charge >= 0.3 is 6.18 Å². The molecule has 2 aromatic rings. The highest BCUT2D eigenvalue weighted by Gasteiger charge is 2.31. The van der Waals surface area contributed by atoms with E-state index in [1.807, 2.05) is 4.90 Å². The van der Waals surface area contributed by atoms with E-state index in [9.17, 15) is 22.8 Å². The maximum absolute atomic E-state index is 12.8. The highest BCUT2D eigenvalue weighted by molar-refractivity contribution is 7.99. The SMILES string of the molecule is O=C(CSc1ccc(N2CCC[C@@H](C(=O)NC3CC3)C2)nn1)Nc1cccc(C(F)(F)F)c1. The molecule has 1 aliphatic carbocycles. The number of aromatic nitrogens is 2. The van der Waals surface area contributed by atoms with Crippen LogP contribution in [-0.4, -0.2) is 46.9 Å². The van der Waals surface area contributed by atoms with Gasteiger partial charge in [0.2, 0.25) is 11.8 Å². The number of alkyl halides is 3. The van der Waals surface area contributed by atoms with Gasteiger partial charge < -0.3 is 15.5 Å². The molecule has 1 aromatic carbocycles. The van der Waals surface area contributed by atoms with Crippen LogP contribution in [0.2, 0.25) is 0 Å². The van der Waals surface area contributed by atoms with Crippen molar-refractivity contribution >= 4 is 35.1 Å². The van der Waals surface area contributed by atoms with Crippen molar-refractivity contribution in [2.24, 2.45) is 5.92 Å². The monoisotopic (exact) mass is 479 g/mol. The van der Waals surface area contributed by atoms with Gasteiger partial charge in [0.1, 0.15) is 5.03 Å². The van der Waals surface area contributed by atoms with E-state index in [0.29, 0.717) is 23.4 Å². The van der Waals surface area contributed by atoms with Crippen LogP contribution in [0.4, 0.5) is 24.7 Å². The quantitative estimate of drug-likeness (QED) is 0.589. The number of amides is 2. The van der Waals surface area contributed by atoms with Gasteiger partial charge in [0.15, 0.2) is 5.82 Å². The highest BCUT2D eigenvalue weighted by Crippen LogP contribution is 2.31. The van der Waals surface area contributed by atoms with Crippen LogP contribution < -0.4 is 15.5 Å². The number of benzene rings is 1. The van der Waals surface area contributed by atoms with Crippen molar-refractivity contribution in [3.05, 3.63) is 42.0 Å². The van der Waals surface area contributed by atoms with Gasteiger partial charge in [-0.3, -0.25) is 9.59 Å². The van der Waals surface area contributed by atoms with E-state index in [2.05, 4.69) is 20.8 Å². The third-order valence-electron chi connectivity index (χ3n) is 5.49. The zero-order valence-corrected chi connectivity index (χ0v) is 18.6. The molecule has 4 rings (SSSR count). The molecule has 0 spiro atoms. The number of carbonyl (C=O) groups is 2. The van der Waals surface area contributed by atoms with Gasteiger partial charge in [0.25, 0.3) is 0 Å². The first kappa shape index (κ1) is 23.3. The Hall–Kier alpha value is -2.82. The molecule has 1 atom stereocenters. The molecular formula is C22H24F3N5O2S. The number of piperidine rings is 1. The van der Waals surface area contributed by atoms with E-state index in [-0.39, 0.29) is 23.3 Å². The van der Waals surface area contributed by atoms with E-state index >= 15 is 0 Å². The van der Waals surface area contributed by atoms with E-state index < -0.39 is 17.6 Å². The molecule has 2 fully saturated rings. The number of hydrogen-bond acceptors (Lipinski definition) is 6. The van der Waals surface area contributed by atoms with Crippen LogP contribution in [-0.2, 0) is 15.8 Å². The first-order valence-electron chi connectivity index (χ1n) is 10.8. The zero-order valence-electron chi connectivity index (χ0n) is 17.8. The van der Waals surface area contributed by atoms with Crippen LogP contribution in [0, 0.1) is 5.92 Å². The third-order valence-corrected chi connectivity index (χ3v) is 6.41. The number of thioether (sulfide) groups is 1. The van der Waals surface area contributed by atoms with Crippen molar-refractivity contribution < 1.29 is 22.8 Å². The lowest BCUT2D eigenvalue weighted by Gasteiger charge is -2.32. The average molecular weight is 480 g/mol. The van der Waals surface area contributed by atoms with Gasteiger partial charge in [-0.2, -0.15) is 13.2 Å². The minimum atomic E-state index is -4.47. The van der Waals surface area contributed by atoms with Crippen LogP contribution in [0.25, 0.3) is 0 Å². The molecule has 11 heteroatoms. The maximum Gasteiger partial charge on any atom is 0.416 e. The third kappa shape index (κ3) is 6.59. The Morgan fingerprint density at radius 3 is 2.64 bits per heavy atom. The molecule has 0 bridgehead atoms. The Labute approximate surface area is 193 Å². The van der Waals surface area contributed by atoms with Gasteiger partial charge in [0, 0.05) is 24.8 Å². The smallest absolute Gasteiger partial charge is 0.354 e. The second kappa shape index (κ2) is 9.98. The molecule has 2 amide bonds. The van der Waals surface area contributed by atoms with Crippen molar-refractivity contribution in [3.63, 3.8) is 0 Å². The Morgan fingerprint density at radius 2 is 1.94 bits per heavy atom. The Morgan fingerprint density at radius 1 is 1.12 bits per heavy atom. The summed E-state index contributed by atoms with van der Waals surface area (Å²) in [7, 11) is 0. The average Bonchev–Trinajstić information content (AvgIpc) is 3.62. The Kier molecular flexibility index (Phi) is 7.06. The molecular weight excluding hydrogens is 455 g/mol. The summed E-state index contributed by atoms with van der Waals surface area (Å²) in [6.45, 7) is 1.40. The van der Waals surface area contributed by atoms with Crippen LogP contribution >= 0.6 is 11.8 Å². The number of halogens is 3.